The minimum atomic E-state index is -1.24. The average Bonchev–Trinajstić information content (AvgIpc) is 3.32. The van der Waals surface area contributed by atoms with Crippen molar-refractivity contribution in [1.82, 2.24) is 4.98 Å². The van der Waals surface area contributed by atoms with Gasteiger partial charge in [-0.05, 0) is 12.1 Å². The lowest BCUT2D eigenvalue weighted by molar-refractivity contribution is -0.313. The fourth-order valence-corrected chi connectivity index (χ4v) is 5.02. The Balaban J connectivity index is 1.55. The van der Waals surface area contributed by atoms with Gasteiger partial charge in [-0.15, -0.1) is 0 Å². The van der Waals surface area contributed by atoms with Crippen LogP contribution in [0.3, 0.4) is 0 Å². The Morgan fingerprint density at radius 1 is 1.52 bits per heavy atom. The fourth-order valence-electron chi connectivity index (χ4n) is 4.07. The number of benzene rings is 1. The summed E-state index contributed by atoms with van der Waals surface area (Å²) >= 11 is 1.38. The van der Waals surface area contributed by atoms with Gasteiger partial charge in [0.2, 0.25) is 5.91 Å². The molecule has 2 saturated heterocycles. The van der Waals surface area contributed by atoms with Crippen LogP contribution in [-0.4, -0.2) is 42.2 Å². The number of carboxylic acids is 1. The first-order valence-corrected chi connectivity index (χ1v) is 8.68. The molecule has 1 spiro atoms. The lowest BCUT2D eigenvalue weighted by Crippen LogP contribution is -2.45. The highest BCUT2D eigenvalue weighted by Crippen LogP contribution is 2.52. The van der Waals surface area contributed by atoms with Gasteiger partial charge in [-0.1, -0.05) is 23.5 Å². The first-order valence-electron chi connectivity index (χ1n) is 7.86. The van der Waals surface area contributed by atoms with Crippen molar-refractivity contribution in [2.75, 3.05) is 18.6 Å². The lowest BCUT2D eigenvalue weighted by Gasteiger charge is -2.24. The molecule has 128 valence electrons. The zero-order valence-corrected chi connectivity index (χ0v) is 14.0. The van der Waals surface area contributed by atoms with Crippen LogP contribution >= 0.6 is 11.3 Å². The van der Waals surface area contributed by atoms with E-state index in [0.29, 0.717) is 10.9 Å². The van der Waals surface area contributed by atoms with Crippen LogP contribution in [0.5, 0.6) is 5.75 Å². The molecule has 0 unspecified atom stereocenters. The third kappa shape index (κ3) is 1.86. The Bertz CT molecular complexity index is 954. The number of hydrogen-bond acceptors (Lipinski definition) is 7. The van der Waals surface area contributed by atoms with Gasteiger partial charge in [0.25, 0.3) is 0 Å². The molecule has 4 heterocycles. The van der Waals surface area contributed by atoms with E-state index in [1.165, 1.54) is 16.2 Å². The molecule has 5 rings (SSSR count). The molecule has 2 fully saturated rings. The van der Waals surface area contributed by atoms with Crippen LogP contribution in [0, 0.1) is 11.8 Å². The number of amides is 1. The van der Waals surface area contributed by atoms with Gasteiger partial charge in [0.05, 0.1) is 35.9 Å². The molecule has 0 saturated carbocycles. The summed E-state index contributed by atoms with van der Waals surface area (Å²) in [5.41, 5.74) is -0.152. The SMILES string of the molecule is COc1ccc2sc(N3C[C@@]45C=C[C@H](O4)[C@@H](C(=O)[O-])[C@@H]5C3=O)nc2c1. The highest BCUT2D eigenvalue weighted by molar-refractivity contribution is 7.22. The third-order valence-electron chi connectivity index (χ3n) is 5.19. The van der Waals surface area contributed by atoms with E-state index in [0.717, 1.165) is 10.2 Å². The maximum absolute atomic E-state index is 12.9. The topological polar surface area (TPSA) is 91.8 Å². The highest BCUT2D eigenvalue weighted by Gasteiger charge is 2.65. The van der Waals surface area contributed by atoms with Crippen molar-refractivity contribution >= 4 is 38.6 Å². The average molecular weight is 357 g/mol. The molecule has 25 heavy (non-hydrogen) atoms. The number of nitrogens with zero attached hydrogens (tertiary/aromatic N) is 2. The molecule has 3 aliphatic rings. The number of methoxy groups -OCH3 is 1. The van der Waals surface area contributed by atoms with Gasteiger partial charge in [0.15, 0.2) is 5.13 Å². The number of aliphatic carboxylic acids is 1. The third-order valence-corrected chi connectivity index (χ3v) is 6.25. The fraction of sp³-hybridized carbons (Fsp3) is 0.353. The standard InChI is InChI=1S/C17H14N2O5S/c1-23-8-2-3-11-9(6-8)18-16(25-11)19-7-17-5-4-10(24-17)12(15(21)22)13(17)14(19)20/h2-6,10,12-13H,7H2,1H3,(H,21,22)/p-1/t10-,12+,13+,17+/m0/s1. The minimum Gasteiger partial charge on any atom is -0.550 e. The van der Waals surface area contributed by atoms with Crippen LogP contribution in [0.2, 0.25) is 0 Å². The zero-order valence-electron chi connectivity index (χ0n) is 13.2. The molecule has 0 N–H and O–H groups in total. The quantitative estimate of drug-likeness (QED) is 0.736. The summed E-state index contributed by atoms with van der Waals surface area (Å²) in [4.78, 5) is 30.5. The Labute approximate surface area is 146 Å². The number of ether oxygens (including phenoxy) is 2. The Morgan fingerprint density at radius 2 is 2.36 bits per heavy atom. The van der Waals surface area contributed by atoms with Crippen molar-refractivity contribution < 1.29 is 24.2 Å². The Hall–Kier alpha value is -2.45. The predicted molar refractivity (Wildman–Crippen MR) is 87.3 cm³/mol. The molecular weight excluding hydrogens is 344 g/mol. The summed E-state index contributed by atoms with van der Waals surface area (Å²) in [6.07, 6.45) is 2.95. The summed E-state index contributed by atoms with van der Waals surface area (Å²) in [7, 11) is 1.58. The van der Waals surface area contributed by atoms with Crippen molar-refractivity contribution in [2.45, 2.75) is 11.7 Å². The van der Waals surface area contributed by atoms with E-state index in [4.69, 9.17) is 9.47 Å². The number of hydrogen-bond donors (Lipinski definition) is 0. The predicted octanol–water partition coefficient (Wildman–Crippen LogP) is 0.341. The van der Waals surface area contributed by atoms with Gasteiger partial charge < -0.3 is 19.4 Å². The summed E-state index contributed by atoms with van der Waals surface area (Å²) in [6, 6.07) is 5.53. The first kappa shape index (κ1) is 14.9. The van der Waals surface area contributed by atoms with E-state index in [1.54, 1.807) is 19.3 Å². The molecule has 4 atom stereocenters. The van der Waals surface area contributed by atoms with Crippen molar-refractivity contribution in [3.63, 3.8) is 0 Å². The van der Waals surface area contributed by atoms with Gasteiger partial charge in [0.1, 0.15) is 11.4 Å². The summed E-state index contributed by atoms with van der Waals surface area (Å²) < 4.78 is 12.0. The van der Waals surface area contributed by atoms with E-state index in [1.807, 2.05) is 18.2 Å². The van der Waals surface area contributed by atoms with Gasteiger partial charge in [-0.2, -0.15) is 0 Å². The Morgan fingerprint density at radius 3 is 3.12 bits per heavy atom. The first-order chi connectivity index (χ1) is 12.0. The number of anilines is 1. The largest absolute Gasteiger partial charge is 0.550 e. The second-order valence-corrected chi connectivity index (χ2v) is 7.48. The number of carbonyl (C=O) groups is 2. The zero-order chi connectivity index (χ0) is 17.3. The second kappa shape index (κ2) is 4.80. The van der Waals surface area contributed by atoms with E-state index >= 15 is 0 Å². The number of carboxylic acid groups (broad SMARTS) is 1. The van der Waals surface area contributed by atoms with Crippen LogP contribution in [0.15, 0.2) is 30.4 Å². The monoisotopic (exact) mass is 357 g/mol. The maximum Gasteiger partial charge on any atom is 0.236 e. The normalized spacial score (nSPS) is 32.6. The molecule has 1 aromatic carbocycles. The van der Waals surface area contributed by atoms with Crippen LogP contribution in [0.4, 0.5) is 5.13 Å². The molecule has 2 aromatic rings. The van der Waals surface area contributed by atoms with Crippen LogP contribution in [-0.2, 0) is 14.3 Å². The highest BCUT2D eigenvalue weighted by atomic mass is 32.1. The Kier molecular flexibility index (Phi) is 2.85. The number of fused-ring (bicyclic) bond motifs is 2. The van der Waals surface area contributed by atoms with Crippen LogP contribution in [0.1, 0.15) is 0 Å². The lowest BCUT2D eigenvalue weighted by atomic mass is 9.77. The molecular formula is C17H13N2O5S-. The summed E-state index contributed by atoms with van der Waals surface area (Å²) in [6.45, 7) is 0.268. The molecule has 8 heteroatoms. The summed E-state index contributed by atoms with van der Waals surface area (Å²) in [5.74, 6) is -2.53. The van der Waals surface area contributed by atoms with Crippen LogP contribution < -0.4 is 14.7 Å². The molecule has 2 bridgehead atoms. The molecule has 7 nitrogen and oxygen atoms in total. The van der Waals surface area contributed by atoms with Gasteiger partial charge in [-0.25, -0.2) is 4.98 Å². The van der Waals surface area contributed by atoms with E-state index < -0.39 is 29.5 Å². The van der Waals surface area contributed by atoms with E-state index in [-0.39, 0.29) is 12.5 Å². The van der Waals surface area contributed by atoms with Crippen molar-refractivity contribution in [3.8, 4) is 5.75 Å². The van der Waals surface area contributed by atoms with Gasteiger partial charge >= 0.3 is 0 Å². The van der Waals surface area contributed by atoms with Crippen molar-refractivity contribution in [1.29, 1.82) is 0 Å². The number of carbonyl (C=O) groups excluding carboxylic acids is 2. The van der Waals surface area contributed by atoms with Crippen molar-refractivity contribution in [3.05, 3.63) is 30.4 Å². The van der Waals surface area contributed by atoms with Gasteiger partial charge in [0, 0.05) is 18.0 Å². The number of rotatable bonds is 3. The van der Waals surface area contributed by atoms with E-state index in [2.05, 4.69) is 4.98 Å². The van der Waals surface area contributed by atoms with E-state index in [9.17, 15) is 14.7 Å². The maximum atomic E-state index is 12.9. The van der Waals surface area contributed by atoms with Gasteiger partial charge in [-0.3, -0.25) is 9.69 Å². The van der Waals surface area contributed by atoms with Crippen molar-refractivity contribution in [2.24, 2.45) is 11.8 Å². The number of thiazole rings is 1. The molecule has 0 aliphatic carbocycles. The van der Waals surface area contributed by atoms with Crippen LogP contribution in [0.25, 0.3) is 10.2 Å². The molecule has 1 amide bonds. The second-order valence-electron chi connectivity index (χ2n) is 6.47. The smallest absolute Gasteiger partial charge is 0.236 e. The number of aromatic nitrogens is 1. The molecule has 0 radical (unpaired) electrons. The summed E-state index contributed by atoms with van der Waals surface area (Å²) in [5, 5.41) is 12.0. The molecule has 3 aliphatic heterocycles. The molecule has 1 aromatic heterocycles. The minimum absolute atomic E-state index is 0.268.